The van der Waals surface area contributed by atoms with E-state index in [2.05, 4.69) is 5.32 Å². The van der Waals surface area contributed by atoms with Crippen molar-refractivity contribution < 1.29 is 22.7 Å². The molecule has 1 saturated carbocycles. The van der Waals surface area contributed by atoms with Crippen LogP contribution in [0.1, 0.15) is 39.0 Å². The number of hydrogen-bond donors (Lipinski definition) is 1. The van der Waals surface area contributed by atoms with E-state index in [4.69, 9.17) is 4.74 Å². The third kappa shape index (κ3) is 3.52. The Labute approximate surface area is 134 Å². The highest BCUT2D eigenvalue weighted by molar-refractivity contribution is 5.89. The summed E-state index contributed by atoms with van der Waals surface area (Å²) < 4.78 is 45.6. The SMILES string of the molecule is C/C=C1\COC(C(=O)NC)(C(F)(F)F)C=C1C=C1CCCCC1. The summed E-state index contributed by atoms with van der Waals surface area (Å²) in [6.07, 6.45) is 4.70. The number of ether oxygens (including phenoxy) is 1. The Morgan fingerprint density at radius 1 is 1.30 bits per heavy atom. The van der Waals surface area contributed by atoms with E-state index in [1.54, 1.807) is 19.1 Å². The average molecular weight is 329 g/mol. The molecule has 1 N–H and O–H groups in total. The monoisotopic (exact) mass is 329 g/mol. The van der Waals surface area contributed by atoms with Gasteiger partial charge in [-0.15, -0.1) is 0 Å². The fourth-order valence-corrected chi connectivity index (χ4v) is 2.99. The van der Waals surface area contributed by atoms with Gasteiger partial charge in [0.05, 0.1) is 6.61 Å². The molecule has 2 rings (SSSR count). The zero-order valence-electron chi connectivity index (χ0n) is 13.4. The summed E-state index contributed by atoms with van der Waals surface area (Å²) >= 11 is 0. The number of likely N-dealkylation sites (N-methyl/N-ethyl adjacent to an activating group) is 1. The maximum Gasteiger partial charge on any atom is 0.430 e. The predicted molar refractivity (Wildman–Crippen MR) is 81.8 cm³/mol. The molecule has 1 unspecified atom stereocenters. The van der Waals surface area contributed by atoms with E-state index in [0.29, 0.717) is 11.1 Å². The van der Waals surface area contributed by atoms with Crippen molar-refractivity contribution in [3.63, 3.8) is 0 Å². The molecule has 1 atom stereocenters. The van der Waals surface area contributed by atoms with Gasteiger partial charge in [0.2, 0.25) is 0 Å². The molecule has 23 heavy (non-hydrogen) atoms. The molecule has 0 radical (unpaired) electrons. The molecule has 128 valence electrons. The smallest absolute Gasteiger partial charge is 0.356 e. The van der Waals surface area contributed by atoms with Crippen LogP contribution in [0, 0.1) is 0 Å². The van der Waals surface area contributed by atoms with Gasteiger partial charge in [-0.25, -0.2) is 0 Å². The van der Waals surface area contributed by atoms with Gasteiger partial charge in [-0.1, -0.05) is 24.1 Å². The summed E-state index contributed by atoms with van der Waals surface area (Å²) in [7, 11) is 1.18. The van der Waals surface area contributed by atoms with Gasteiger partial charge in [0.15, 0.2) is 0 Å². The highest BCUT2D eigenvalue weighted by Gasteiger charge is 2.61. The van der Waals surface area contributed by atoms with Gasteiger partial charge in [0, 0.05) is 7.05 Å². The quantitative estimate of drug-likeness (QED) is 0.836. The molecule has 1 heterocycles. The second-order valence-corrected chi connectivity index (χ2v) is 5.88. The van der Waals surface area contributed by atoms with Gasteiger partial charge in [-0.2, -0.15) is 13.2 Å². The summed E-state index contributed by atoms with van der Waals surface area (Å²) in [5, 5.41) is 2.07. The number of amides is 1. The largest absolute Gasteiger partial charge is 0.430 e. The van der Waals surface area contributed by atoms with Crippen LogP contribution in [-0.2, 0) is 9.53 Å². The first-order valence-corrected chi connectivity index (χ1v) is 7.85. The number of hydrogen-bond acceptors (Lipinski definition) is 2. The summed E-state index contributed by atoms with van der Waals surface area (Å²) in [6, 6.07) is 0. The summed E-state index contributed by atoms with van der Waals surface area (Å²) in [6.45, 7) is 1.52. The molecule has 0 aromatic carbocycles. The van der Waals surface area contributed by atoms with E-state index >= 15 is 0 Å². The van der Waals surface area contributed by atoms with E-state index in [-0.39, 0.29) is 6.61 Å². The molecule has 0 aromatic rings. The van der Waals surface area contributed by atoms with E-state index in [1.807, 2.05) is 0 Å². The third-order valence-corrected chi connectivity index (χ3v) is 4.37. The van der Waals surface area contributed by atoms with Crippen molar-refractivity contribution in [2.24, 2.45) is 0 Å². The highest BCUT2D eigenvalue weighted by atomic mass is 19.4. The molecule has 0 bridgehead atoms. The topological polar surface area (TPSA) is 38.3 Å². The Balaban J connectivity index is 2.49. The van der Waals surface area contributed by atoms with Crippen molar-refractivity contribution in [3.8, 4) is 0 Å². The Hall–Kier alpha value is -1.56. The first-order chi connectivity index (χ1) is 10.8. The third-order valence-electron chi connectivity index (χ3n) is 4.37. The molecule has 6 heteroatoms. The maximum atomic E-state index is 13.5. The Morgan fingerprint density at radius 3 is 2.48 bits per heavy atom. The molecule has 0 saturated heterocycles. The van der Waals surface area contributed by atoms with Crippen LogP contribution in [0.2, 0.25) is 0 Å². The average Bonchev–Trinajstić information content (AvgIpc) is 2.53. The van der Waals surface area contributed by atoms with E-state index in [1.165, 1.54) is 7.05 Å². The van der Waals surface area contributed by atoms with Crippen molar-refractivity contribution in [3.05, 3.63) is 34.9 Å². The van der Waals surface area contributed by atoms with Crippen molar-refractivity contribution in [2.45, 2.75) is 50.8 Å². The van der Waals surface area contributed by atoms with Gasteiger partial charge in [0.25, 0.3) is 11.5 Å². The minimum Gasteiger partial charge on any atom is -0.356 e. The van der Waals surface area contributed by atoms with Crippen LogP contribution in [0.5, 0.6) is 0 Å². The lowest BCUT2D eigenvalue weighted by atomic mass is 9.87. The Kier molecular flexibility index (Phi) is 5.34. The van der Waals surface area contributed by atoms with Crippen LogP contribution in [0.15, 0.2) is 34.9 Å². The second kappa shape index (κ2) is 6.91. The molecule has 2 aliphatic rings. The maximum absolute atomic E-state index is 13.5. The summed E-state index contributed by atoms with van der Waals surface area (Å²) in [5.41, 5.74) is -0.671. The van der Waals surface area contributed by atoms with Gasteiger partial charge in [-0.05, 0) is 49.8 Å². The van der Waals surface area contributed by atoms with E-state index in [9.17, 15) is 18.0 Å². The molecule has 1 aliphatic heterocycles. The zero-order valence-corrected chi connectivity index (χ0v) is 13.4. The van der Waals surface area contributed by atoms with Crippen molar-refractivity contribution in [1.29, 1.82) is 0 Å². The highest BCUT2D eigenvalue weighted by Crippen LogP contribution is 2.41. The van der Waals surface area contributed by atoms with Crippen LogP contribution in [0.25, 0.3) is 0 Å². The van der Waals surface area contributed by atoms with Crippen molar-refractivity contribution in [2.75, 3.05) is 13.7 Å². The van der Waals surface area contributed by atoms with E-state index in [0.717, 1.165) is 43.8 Å². The number of nitrogens with one attached hydrogen (secondary N) is 1. The first kappa shape index (κ1) is 17.8. The van der Waals surface area contributed by atoms with Crippen LogP contribution in [-0.4, -0.2) is 31.3 Å². The van der Waals surface area contributed by atoms with Crippen LogP contribution in [0.4, 0.5) is 13.2 Å². The minimum absolute atomic E-state index is 0.237. The Bertz CT molecular complexity index is 553. The van der Waals surface area contributed by atoms with Gasteiger partial charge in [-0.3, -0.25) is 4.79 Å². The fourth-order valence-electron chi connectivity index (χ4n) is 2.99. The first-order valence-electron chi connectivity index (χ1n) is 7.85. The van der Waals surface area contributed by atoms with E-state index < -0.39 is 17.7 Å². The molecule has 3 nitrogen and oxygen atoms in total. The normalized spacial score (nSPS) is 27.6. The number of alkyl halides is 3. The lowest BCUT2D eigenvalue weighted by molar-refractivity contribution is -0.249. The lowest BCUT2D eigenvalue weighted by Gasteiger charge is -2.35. The van der Waals surface area contributed by atoms with Crippen LogP contribution >= 0.6 is 0 Å². The molecule has 1 aliphatic carbocycles. The van der Waals surface area contributed by atoms with Crippen molar-refractivity contribution in [1.82, 2.24) is 5.32 Å². The minimum atomic E-state index is -4.82. The predicted octanol–water partition coefficient (Wildman–Crippen LogP) is 3.83. The zero-order chi connectivity index (χ0) is 17.1. The molecule has 0 spiro atoms. The number of rotatable bonds is 2. The van der Waals surface area contributed by atoms with Crippen molar-refractivity contribution >= 4 is 5.91 Å². The fraction of sp³-hybridized carbons (Fsp3) is 0.588. The van der Waals surface area contributed by atoms with Gasteiger partial charge in [0.1, 0.15) is 0 Å². The number of allylic oxidation sites excluding steroid dienone is 3. The Morgan fingerprint density at radius 2 is 1.96 bits per heavy atom. The molecular weight excluding hydrogens is 307 g/mol. The van der Waals surface area contributed by atoms with Crippen LogP contribution in [0.3, 0.4) is 0 Å². The van der Waals surface area contributed by atoms with Crippen LogP contribution < -0.4 is 5.32 Å². The molecule has 0 aromatic heterocycles. The molecule has 1 fully saturated rings. The second-order valence-electron chi connectivity index (χ2n) is 5.88. The van der Waals surface area contributed by atoms with Gasteiger partial charge < -0.3 is 10.1 Å². The number of halogens is 3. The molecular formula is C17H22F3NO2. The lowest BCUT2D eigenvalue weighted by Crippen LogP contribution is -2.58. The summed E-state index contributed by atoms with van der Waals surface area (Å²) in [5.74, 6) is -1.19. The summed E-state index contributed by atoms with van der Waals surface area (Å²) in [4.78, 5) is 11.9. The standard InChI is InChI=1S/C17H22F3NO2/c1-3-13-11-23-16(15(22)21-2,17(18,19)20)10-14(13)9-12-7-5-4-6-8-12/h3,9-10H,4-8,11H2,1-2H3,(H,21,22)/b13-3+. The number of carbonyl (C=O) groups excluding carboxylic acids is 1. The van der Waals surface area contributed by atoms with Gasteiger partial charge >= 0.3 is 6.18 Å². The number of carbonyl (C=O) groups is 1. The molecule has 1 amide bonds.